The minimum absolute atomic E-state index is 0.512. The summed E-state index contributed by atoms with van der Waals surface area (Å²) >= 11 is 2.13. The number of thioether (sulfide) groups is 1. The summed E-state index contributed by atoms with van der Waals surface area (Å²) in [7, 11) is 1.81. The van der Waals surface area contributed by atoms with Crippen molar-refractivity contribution in [1.82, 2.24) is 5.32 Å². The fourth-order valence-corrected chi connectivity index (χ4v) is 3.52. The van der Waals surface area contributed by atoms with E-state index in [1.54, 1.807) is 0 Å². The Kier molecular flexibility index (Phi) is 3.40. The highest BCUT2D eigenvalue weighted by molar-refractivity contribution is 8.00. The molecule has 1 unspecified atom stereocenters. The fraction of sp³-hybridized carbons (Fsp3) is 1.00. The summed E-state index contributed by atoms with van der Waals surface area (Å²) in [5, 5.41) is 3.66. The first-order chi connectivity index (χ1) is 6.72. The van der Waals surface area contributed by atoms with Gasteiger partial charge in [0.2, 0.25) is 0 Å². The van der Waals surface area contributed by atoms with E-state index in [2.05, 4.69) is 24.0 Å². The minimum atomic E-state index is 0.512. The maximum Gasteiger partial charge on any atom is 0.0601 e. The number of ether oxygens (including phenoxy) is 1. The first kappa shape index (κ1) is 10.8. The number of hydrogen-bond donors (Lipinski definition) is 1. The predicted molar refractivity (Wildman–Crippen MR) is 61.9 cm³/mol. The largest absolute Gasteiger partial charge is 0.381 e. The van der Waals surface area contributed by atoms with Crippen LogP contribution in [0.5, 0.6) is 0 Å². The third-order valence-corrected chi connectivity index (χ3v) is 5.03. The van der Waals surface area contributed by atoms with Crippen LogP contribution in [0, 0.1) is 0 Å². The van der Waals surface area contributed by atoms with Gasteiger partial charge in [0.05, 0.1) is 6.10 Å². The van der Waals surface area contributed by atoms with Crippen LogP contribution < -0.4 is 5.32 Å². The maximum atomic E-state index is 5.27. The molecule has 1 saturated heterocycles. The number of hydrogen-bond acceptors (Lipinski definition) is 3. The lowest BCUT2D eigenvalue weighted by Gasteiger charge is -2.37. The van der Waals surface area contributed by atoms with E-state index in [0.29, 0.717) is 10.9 Å². The molecule has 0 spiro atoms. The summed E-state index contributed by atoms with van der Waals surface area (Å²) in [6, 6.07) is 0.720. The Morgan fingerprint density at radius 3 is 2.86 bits per heavy atom. The summed E-state index contributed by atoms with van der Waals surface area (Å²) in [5.41, 5.74) is 0. The lowest BCUT2D eigenvalue weighted by atomic mass is 9.89. The summed E-state index contributed by atoms with van der Waals surface area (Å²) in [6.07, 6.45) is 5.71. The van der Waals surface area contributed by atoms with Gasteiger partial charge < -0.3 is 10.1 Å². The van der Waals surface area contributed by atoms with Gasteiger partial charge in [-0.3, -0.25) is 0 Å². The van der Waals surface area contributed by atoms with E-state index in [0.717, 1.165) is 6.04 Å². The van der Waals surface area contributed by atoms with E-state index in [1.165, 1.54) is 38.0 Å². The second-order valence-corrected chi connectivity index (χ2v) is 6.49. The van der Waals surface area contributed by atoms with Crippen molar-refractivity contribution in [2.45, 2.75) is 49.5 Å². The average Bonchev–Trinajstić information content (AvgIpc) is 2.50. The molecule has 0 amide bonds. The van der Waals surface area contributed by atoms with Gasteiger partial charge in [-0.1, -0.05) is 0 Å². The second kappa shape index (κ2) is 4.42. The van der Waals surface area contributed by atoms with Crippen LogP contribution in [0.25, 0.3) is 0 Å². The lowest BCUT2D eigenvalue weighted by Crippen LogP contribution is -2.48. The van der Waals surface area contributed by atoms with E-state index < -0.39 is 0 Å². The lowest BCUT2D eigenvalue weighted by molar-refractivity contribution is 0.0170. The first-order valence-electron chi connectivity index (χ1n) is 5.62. The second-order valence-electron chi connectivity index (χ2n) is 4.81. The Morgan fingerprint density at radius 2 is 2.29 bits per heavy atom. The molecule has 2 aliphatic rings. The molecule has 1 atom stereocenters. The third kappa shape index (κ3) is 2.44. The van der Waals surface area contributed by atoms with Crippen molar-refractivity contribution in [2.75, 3.05) is 19.4 Å². The Bertz CT molecular complexity index is 186. The van der Waals surface area contributed by atoms with E-state index in [4.69, 9.17) is 4.74 Å². The fourth-order valence-electron chi connectivity index (χ4n) is 2.26. The predicted octanol–water partition coefficient (Wildman–Crippen LogP) is 2.04. The molecule has 0 aromatic rings. The van der Waals surface area contributed by atoms with Gasteiger partial charge in [0.1, 0.15) is 0 Å². The number of rotatable bonds is 4. The Morgan fingerprint density at radius 1 is 1.50 bits per heavy atom. The van der Waals surface area contributed by atoms with Crippen LogP contribution in [-0.4, -0.2) is 36.3 Å². The molecule has 1 saturated carbocycles. The third-order valence-electron chi connectivity index (χ3n) is 3.49. The van der Waals surface area contributed by atoms with Crippen LogP contribution in [0.1, 0.15) is 32.6 Å². The van der Waals surface area contributed by atoms with Crippen LogP contribution in [0.3, 0.4) is 0 Å². The zero-order valence-electron chi connectivity index (χ0n) is 9.21. The van der Waals surface area contributed by atoms with E-state index >= 15 is 0 Å². The zero-order chi connectivity index (χ0) is 10.0. The highest BCUT2D eigenvalue weighted by Crippen LogP contribution is 2.37. The molecule has 1 heterocycles. The monoisotopic (exact) mass is 215 g/mol. The summed E-state index contributed by atoms with van der Waals surface area (Å²) in [4.78, 5) is 0. The molecular weight excluding hydrogens is 194 g/mol. The summed E-state index contributed by atoms with van der Waals surface area (Å²) in [6.45, 7) is 3.57. The molecule has 1 aliphatic carbocycles. The number of methoxy groups -OCH3 is 1. The smallest absolute Gasteiger partial charge is 0.0601 e. The maximum absolute atomic E-state index is 5.27. The molecule has 0 aromatic heterocycles. The van der Waals surface area contributed by atoms with Crippen LogP contribution in [-0.2, 0) is 4.74 Å². The van der Waals surface area contributed by atoms with Crippen molar-refractivity contribution in [3.05, 3.63) is 0 Å². The van der Waals surface area contributed by atoms with E-state index in [-0.39, 0.29) is 0 Å². The van der Waals surface area contributed by atoms with Crippen molar-refractivity contribution >= 4 is 11.8 Å². The highest BCUT2D eigenvalue weighted by atomic mass is 32.2. The van der Waals surface area contributed by atoms with Crippen LogP contribution in [0.15, 0.2) is 0 Å². The van der Waals surface area contributed by atoms with Crippen LogP contribution >= 0.6 is 11.8 Å². The van der Waals surface area contributed by atoms with Gasteiger partial charge in [-0.15, -0.1) is 0 Å². The summed E-state index contributed by atoms with van der Waals surface area (Å²) in [5.74, 6) is 1.35. The van der Waals surface area contributed by atoms with Crippen LogP contribution in [0.4, 0.5) is 0 Å². The molecule has 14 heavy (non-hydrogen) atoms. The molecule has 1 aliphatic heterocycles. The van der Waals surface area contributed by atoms with Crippen molar-refractivity contribution in [3.8, 4) is 0 Å². The number of nitrogens with one attached hydrogen (secondary N) is 1. The Balaban J connectivity index is 1.63. The normalized spacial score (nSPS) is 42.4. The van der Waals surface area contributed by atoms with E-state index in [1.807, 2.05) is 7.11 Å². The van der Waals surface area contributed by atoms with Crippen molar-refractivity contribution in [2.24, 2.45) is 0 Å². The van der Waals surface area contributed by atoms with Crippen molar-refractivity contribution < 1.29 is 4.74 Å². The van der Waals surface area contributed by atoms with E-state index in [9.17, 15) is 0 Å². The molecule has 2 rings (SSSR count). The van der Waals surface area contributed by atoms with Crippen LogP contribution in [0.2, 0.25) is 0 Å². The topological polar surface area (TPSA) is 21.3 Å². The van der Waals surface area contributed by atoms with Gasteiger partial charge >= 0.3 is 0 Å². The highest BCUT2D eigenvalue weighted by Gasteiger charge is 2.33. The molecule has 2 nitrogen and oxygen atoms in total. The SMILES string of the molecule is COC1CC(NCC2(C)CCCS2)C1. The van der Waals surface area contributed by atoms with Gasteiger partial charge in [-0.2, -0.15) is 11.8 Å². The van der Waals surface area contributed by atoms with Gasteiger partial charge in [-0.05, 0) is 38.4 Å². The standard InChI is InChI=1S/C11H21NOS/c1-11(4-3-5-14-11)8-12-9-6-10(7-9)13-2/h9-10,12H,3-8H2,1-2H3. The minimum Gasteiger partial charge on any atom is -0.381 e. The van der Waals surface area contributed by atoms with Gasteiger partial charge in [0.25, 0.3) is 0 Å². The molecule has 3 heteroatoms. The first-order valence-corrected chi connectivity index (χ1v) is 6.60. The van der Waals surface area contributed by atoms with Gasteiger partial charge in [0.15, 0.2) is 0 Å². The molecule has 82 valence electrons. The van der Waals surface area contributed by atoms with Crippen molar-refractivity contribution in [1.29, 1.82) is 0 Å². The van der Waals surface area contributed by atoms with Crippen molar-refractivity contribution in [3.63, 3.8) is 0 Å². The zero-order valence-corrected chi connectivity index (χ0v) is 10.0. The molecule has 2 fully saturated rings. The van der Waals surface area contributed by atoms with Gasteiger partial charge in [0, 0.05) is 24.4 Å². The summed E-state index contributed by atoms with van der Waals surface area (Å²) < 4.78 is 5.78. The quantitative estimate of drug-likeness (QED) is 0.775. The molecule has 0 aromatic carbocycles. The molecule has 0 radical (unpaired) electrons. The molecule has 1 N–H and O–H groups in total. The Labute approximate surface area is 91.2 Å². The molecule has 0 bridgehead atoms. The molecular formula is C11H21NOS. The Hall–Kier alpha value is 0.270. The average molecular weight is 215 g/mol. The van der Waals surface area contributed by atoms with Gasteiger partial charge in [-0.25, -0.2) is 0 Å².